The molecule has 0 spiro atoms. The Morgan fingerprint density at radius 1 is 1.37 bits per heavy atom. The highest BCUT2D eigenvalue weighted by Crippen LogP contribution is 2.10. The molecular weight excluding hydrogens is 240 g/mol. The summed E-state index contributed by atoms with van der Waals surface area (Å²) in [5.74, 6) is 0.685. The molecule has 0 radical (unpaired) electrons. The van der Waals surface area contributed by atoms with E-state index in [2.05, 4.69) is 22.4 Å². The molecule has 1 atom stereocenters. The SMILES string of the molecule is CCCn1cnnc1C(C)NC(=O)c1ccccc1. The summed E-state index contributed by atoms with van der Waals surface area (Å²) >= 11 is 0. The van der Waals surface area contributed by atoms with Crippen molar-refractivity contribution in [2.45, 2.75) is 32.9 Å². The Morgan fingerprint density at radius 2 is 2.11 bits per heavy atom. The average molecular weight is 258 g/mol. The van der Waals surface area contributed by atoms with Crippen LogP contribution in [0, 0.1) is 0 Å². The summed E-state index contributed by atoms with van der Waals surface area (Å²) in [4.78, 5) is 12.1. The highest BCUT2D eigenvalue weighted by molar-refractivity contribution is 5.94. The van der Waals surface area contributed by atoms with Crippen molar-refractivity contribution in [3.8, 4) is 0 Å². The first-order chi connectivity index (χ1) is 9.22. The fourth-order valence-corrected chi connectivity index (χ4v) is 1.95. The van der Waals surface area contributed by atoms with Gasteiger partial charge >= 0.3 is 0 Å². The van der Waals surface area contributed by atoms with E-state index >= 15 is 0 Å². The van der Waals surface area contributed by atoms with Gasteiger partial charge < -0.3 is 9.88 Å². The molecule has 0 bridgehead atoms. The minimum absolute atomic E-state index is 0.0980. The van der Waals surface area contributed by atoms with Crippen molar-refractivity contribution in [1.82, 2.24) is 20.1 Å². The van der Waals surface area contributed by atoms with Gasteiger partial charge in [0.1, 0.15) is 6.33 Å². The number of nitrogens with one attached hydrogen (secondary N) is 1. The van der Waals surface area contributed by atoms with Crippen LogP contribution in [0.5, 0.6) is 0 Å². The van der Waals surface area contributed by atoms with Gasteiger partial charge in [-0.25, -0.2) is 0 Å². The number of amides is 1. The van der Waals surface area contributed by atoms with Gasteiger partial charge in [0, 0.05) is 12.1 Å². The molecule has 1 aromatic heterocycles. The summed E-state index contributed by atoms with van der Waals surface area (Å²) in [7, 11) is 0. The number of aromatic nitrogens is 3. The quantitative estimate of drug-likeness (QED) is 0.894. The van der Waals surface area contributed by atoms with E-state index in [1.807, 2.05) is 29.7 Å². The number of benzene rings is 1. The van der Waals surface area contributed by atoms with E-state index in [1.54, 1.807) is 18.5 Å². The number of hydrogen-bond donors (Lipinski definition) is 1. The molecule has 1 aromatic carbocycles. The minimum atomic E-state index is -0.165. The lowest BCUT2D eigenvalue weighted by Gasteiger charge is -2.14. The number of aryl methyl sites for hydroxylation is 1. The van der Waals surface area contributed by atoms with E-state index in [0.29, 0.717) is 5.56 Å². The third-order valence-electron chi connectivity index (χ3n) is 2.88. The molecule has 19 heavy (non-hydrogen) atoms. The maximum Gasteiger partial charge on any atom is 0.251 e. The van der Waals surface area contributed by atoms with Crippen molar-refractivity contribution in [1.29, 1.82) is 0 Å². The molecule has 0 aliphatic carbocycles. The lowest BCUT2D eigenvalue weighted by molar-refractivity contribution is 0.0937. The van der Waals surface area contributed by atoms with Gasteiger partial charge in [0.25, 0.3) is 5.91 Å². The van der Waals surface area contributed by atoms with E-state index < -0.39 is 0 Å². The predicted octanol–water partition coefficient (Wildman–Crippen LogP) is 2.18. The molecule has 0 aliphatic rings. The second-order valence-corrected chi connectivity index (χ2v) is 4.44. The van der Waals surface area contributed by atoms with Crippen LogP contribution in [-0.4, -0.2) is 20.7 Å². The molecule has 1 heterocycles. The van der Waals surface area contributed by atoms with Crippen LogP contribution in [0.3, 0.4) is 0 Å². The van der Waals surface area contributed by atoms with E-state index in [0.717, 1.165) is 18.8 Å². The molecule has 0 saturated heterocycles. The van der Waals surface area contributed by atoms with Crippen LogP contribution < -0.4 is 5.32 Å². The largest absolute Gasteiger partial charge is 0.342 e. The Kier molecular flexibility index (Phi) is 4.28. The molecule has 2 rings (SSSR count). The molecule has 1 unspecified atom stereocenters. The third kappa shape index (κ3) is 3.19. The van der Waals surface area contributed by atoms with Crippen LogP contribution in [0.4, 0.5) is 0 Å². The Balaban J connectivity index is 2.06. The van der Waals surface area contributed by atoms with Gasteiger partial charge in [0.05, 0.1) is 6.04 Å². The smallest absolute Gasteiger partial charge is 0.251 e. The van der Waals surface area contributed by atoms with E-state index in [1.165, 1.54) is 0 Å². The summed E-state index contributed by atoms with van der Waals surface area (Å²) in [6.45, 7) is 4.86. The Hall–Kier alpha value is -2.17. The van der Waals surface area contributed by atoms with Gasteiger partial charge in [-0.05, 0) is 25.5 Å². The standard InChI is InChI=1S/C14H18N4O/c1-3-9-18-10-15-17-13(18)11(2)16-14(19)12-7-5-4-6-8-12/h4-8,10-11H,3,9H2,1-2H3,(H,16,19). The van der Waals surface area contributed by atoms with E-state index in [4.69, 9.17) is 0 Å². The lowest BCUT2D eigenvalue weighted by atomic mass is 10.2. The highest BCUT2D eigenvalue weighted by Gasteiger charge is 2.16. The summed E-state index contributed by atoms with van der Waals surface area (Å²) < 4.78 is 1.97. The second kappa shape index (κ2) is 6.13. The molecule has 0 fully saturated rings. The van der Waals surface area contributed by atoms with Crippen LogP contribution in [0.1, 0.15) is 42.5 Å². The zero-order valence-corrected chi connectivity index (χ0v) is 11.2. The summed E-state index contributed by atoms with van der Waals surface area (Å²) in [6, 6.07) is 9.00. The molecule has 100 valence electrons. The van der Waals surface area contributed by atoms with Gasteiger partial charge in [-0.3, -0.25) is 4.79 Å². The fraction of sp³-hybridized carbons (Fsp3) is 0.357. The van der Waals surface area contributed by atoms with Crippen molar-refractivity contribution in [3.05, 3.63) is 48.0 Å². The van der Waals surface area contributed by atoms with E-state index in [9.17, 15) is 4.79 Å². The topological polar surface area (TPSA) is 59.8 Å². The monoisotopic (exact) mass is 258 g/mol. The molecule has 1 N–H and O–H groups in total. The molecule has 5 nitrogen and oxygen atoms in total. The first-order valence-electron chi connectivity index (χ1n) is 6.46. The maximum atomic E-state index is 12.1. The fourth-order valence-electron chi connectivity index (χ4n) is 1.95. The van der Waals surface area contributed by atoms with Crippen molar-refractivity contribution < 1.29 is 4.79 Å². The molecular formula is C14H18N4O. The second-order valence-electron chi connectivity index (χ2n) is 4.44. The summed E-state index contributed by atoms with van der Waals surface area (Å²) in [6.07, 6.45) is 2.70. The van der Waals surface area contributed by atoms with Crippen LogP contribution in [-0.2, 0) is 6.54 Å². The summed E-state index contributed by atoms with van der Waals surface area (Å²) in [5, 5.41) is 10.9. The van der Waals surface area contributed by atoms with Crippen molar-refractivity contribution >= 4 is 5.91 Å². The molecule has 5 heteroatoms. The summed E-state index contributed by atoms with van der Waals surface area (Å²) in [5.41, 5.74) is 0.649. The number of rotatable bonds is 5. The van der Waals surface area contributed by atoms with Crippen molar-refractivity contribution in [3.63, 3.8) is 0 Å². The zero-order valence-electron chi connectivity index (χ0n) is 11.2. The van der Waals surface area contributed by atoms with Crippen LogP contribution >= 0.6 is 0 Å². The Morgan fingerprint density at radius 3 is 2.79 bits per heavy atom. The molecule has 0 aliphatic heterocycles. The van der Waals surface area contributed by atoms with Gasteiger partial charge in [-0.15, -0.1) is 10.2 Å². The normalized spacial score (nSPS) is 12.1. The van der Waals surface area contributed by atoms with Crippen LogP contribution in [0.15, 0.2) is 36.7 Å². The number of carbonyl (C=O) groups is 1. The van der Waals surface area contributed by atoms with Crippen molar-refractivity contribution in [2.24, 2.45) is 0 Å². The first kappa shape index (κ1) is 13.3. The van der Waals surface area contributed by atoms with Gasteiger partial charge in [-0.1, -0.05) is 25.1 Å². The van der Waals surface area contributed by atoms with Crippen LogP contribution in [0.2, 0.25) is 0 Å². The minimum Gasteiger partial charge on any atom is -0.342 e. The Labute approximate surface area is 112 Å². The highest BCUT2D eigenvalue weighted by atomic mass is 16.1. The number of carbonyl (C=O) groups excluding carboxylic acids is 1. The zero-order chi connectivity index (χ0) is 13.7. The number of hydrogen-bond acceptors (Lipinski definition) is 3. The Bertz CT molecular complexity index is 535. The van der Waals surface area contributed by atoms with E-state index in [-0.39, 0.29) is 11.9 Å². The maximum absolute atomic E-state index is 12.1. The van der Waals surface area contributed by atoms with Gasteiger partial charge in [-0.2, -0.15) is 0 Å². The molecule has 0 saturated carbocycles. The first-order valence-corrected chi connectivity index (χ1v) is 6.46. The van der Waals surface area contributed by atoms with Crippen molar-refractivity contribution in [2.75, 3.05) is 0 Å². The lowest BCUT2D eigenvalue weighted by Crippen LogP contribution is -2.28. The van der Waals surface area contributed by atoms with Gasteiger partial charge in [0.15, 0.2) is 5.82 Å². The number of nitrogens with zero attached hydrogens (tertiary/aromatic N) is 3. The van der Waals surface area contributed by atoms with Gasteiger partial charge in [0.2, 0.25) is 0 Å². The predicted molar refractivity (Wildman–Crippen MR) is 72.6 cm³/mol. The average Bonchev–Trinajstić information content (AvgIpc) is 2.88. The van der Waals surface area contributed by atoms with Crippen LogP contribution in [0.25, 0.3) is 0 Å². The molecule has 2 aromatic rings. The molecule has 1 amide bonds. The third-order valence-corrected chi connectivity index (χ3v) is 2.88.